The summed E-state index contributed by atoms with van der Waals surface area (Å²) in [5.41, 5.74) is 6.51. The van der Waals surface area contributed by atoms with Gasteiger partial charge >= 0.3 is 0 Å². The lowest BCUT2D eigenvalue weighted by atomic mass is 9.74. The minimum atomic E-state index is -0.349. The summed E-state index contributed by atoms with van der Waals surface area (Å²) in [4.78, 5) is 0. The minimum absolute atomic E-state index is 0.241. The third-order valence-electron chi connectivity index (χ3n) is 4.69. The minimum Gasteiger partial charge on any atom is -0.377 e. The molecule has 0 aromatic heterocycles. The van der Waals surface area contributed by atoms with Crippen LogP contribution in [-0.4, -0.2) is 18.8 Å². The standard InChI is InChI=1S/C16H23ClFNO/c1-11-6-8-16(20-2,9-7-11)15(19)10-12-13(17)4-3-5-14(12)18/h3-5,11,15H,6-10,19H2,1-2H3. The Labute approximate surface area is 125 Å². The quantitative estimate of drug-likeness (QED) is 0.914. The molecule has 1 aliphatic carbocycles. The molecule has 1 aromatic rings. The third-order valence-corrected chi connectivity index (χ3v) is 5.04. The molecule has 0 aliphatic heterocycles. The van der Waals surface area contributed by atoms with Crippen molar-refractivity contribution in [1.29, 1.82) is 0 Å². The summed E-state index contributed by atoms with van der Waals surface area (Å²) < 4.78 is 19.6. The summed E-state index contributed by atoms with van der Waals surface area (Å²) >= 11 is 6.09. The smallest absolute Gasteiger partial charge is 0.127 e. The largest absolute Gasteiger partial charge is 0.377 e. The van der Waals surface area contributed by atoms with E-state index in [1.165, 1.54) is 6.07 Å². The number of rotatable bonds is 4. The highest BCUT2D eigenvalue weighted by atomic mass is 35.5. The topological polar surface area (TPSA) is 35.2 Å². The fourth-order valence-electron chi connectivity index (χ4n) is 3.11. The molecule has 4 heteroatoms. The highest BCUT2D eigenvalue weighted by Gasteiger charge is 2.40. The molecule has 2 rings (SSSR count). The van der Waals surface area contributed by atoms with E-state index < -0.39 is 0 Å². The van der Waals surface area contributed by atoms with E-state index in [0.717, 1.165) is 25.7 Å². The molecule has 1 fully saturated rings. The van der Waals surface area contributed by atoms with Crippen molar-refractivity contribution in [2.75, 3.05) is 7.11 Å². The number of nitrogens with two attached hydrogens (primary N) is 1. The number of halogens is 2. The van der Waals surface area contributed by atoms with Gasteiger partial charge in [0.2, 0.25) is 0 Å². The summed E-state index contributed by atoms with van der Waals surface area (Å²) in [5.74, 6) is 0.422. The molecular weight excluding hydrogens is 277 g/mol. The normalized spacial score (nSPS) is 28.4. The van der Waals surface area contributed by atoms with Crippen molar-refractivity contribution in [2.45, 2.75) is 50.7 Å². The zero-order chi connectivity index (χ0) is 14.8. The lowest BCUT2D eigenvalue weighted by Crippen LogP contribution is -2.52. The van der Waals surface area contributed by atoms with Crippen LogP contribution in [0.1, 0.15) is 38.2 Å². The predicted octanol–water partition coefficient (Wildman–Crippen LogP) is 3.94. The summed E-state index contributed by atoms with van der Waals surface area (Å²) in [6.07, 6.45) is 4.47. The Balaban J connectivity index is 2.15. The Morgan fingerprint density at radius 1 is 1.45 bits per heavy atom. The second-order valence-electron chi connectivity index (χ2n) is 5.96. The Morgan fingerprint density at radius 3 is 2.65 bits per heavy atom. The molecule has 0 spiro atoms. The molecule has 0 radical (unpaired) electrons. The van der Waals surface area contributed by atoms with E-state index in [4.69, 9.17) is 22.1 Å². The van der Waals surface area contributed by atoms with Gasteiger partial charge in [0.15, 0.2) is 0 Å². The first-order valence-electron chi connectivity index (χ1n) is 7.22. The van der Waals surface area contributed by atoms with E-state index in [2.05, 4.69) is 6.92 Å². The van der Waals surface area contributed by atoms with Gasteiger partial charge in [-0.25, -0.2) is 4.39 Å². The molecule has 1 atom stereocenters. The van der Waals surface area contributed by atoms with Crippen molar-refractivity contribution >= 4 is 11.6 Å². The van der Waals surface area contributed by atoms with Crippen LogP contribution in [0, 0.1) is 11.7 Å². The molecule has 0 saturated heterocycles. The molecule has 2 N–H and O–H groups in total. The Hall–Kier alpha value is -0.640. The highest BCUT2D eigenvalue weighted by molar-refractivity contribution is 6.31. The SMILES string of the molecule is COC1(C(N)Cc2c(F)cccc2Cl)CCC(C)CC1. The Kier molecular flexibility index (Phi) is 5.05. The van der Waals surface area contributed by atoms with Gasteiger partial charge in [0.1, 0.15) is 5.82 Å². The molecule has 1 aliphatic rings. The van der Waals surface area contributed by atoms with Gasteiger partial charge in [0.25, 0.3) is 0 Å². The molecule has 0 heterocycles. The molecule has 20 heavy (non-hydrogen) atoms. The van der Waals surface area contributed by atoms with E-state index in [0.29, 0.717) is 22.9 Å². The number of hydrogen-bond acceptors (Lipinski definition) is 2. The lowest BCUT2D eigenvalue weighted by Gasteiger charge is -2.42. The summed E-state index contributed by atoms with van der Waals surface area (Å²) in [5, 5.41) is 0.441. The van der Waals surface area contributed by atoms with Crippen molar-refractivity contribution in [3.05, 3.63) is 34.6 Å². The maximum Gasteiger partial charge on any atom is 0.127 e. The van der Waals surface area contributed by atoms with Gasteiger partial charge in [-0.2, -0.15) is 0 Å². The summed E-state index contributed by atoms with van der Waals surface area (Å²) in [7, 11) is 1.71. The summed E-state index contributed by atoms with van der Waals surface area (Å²) in [6.45, 7) is 2.25. The Morgan fingerprint density at radius 2 is 2.10 bits per heavy atom. The molecule has 0 amide bonds. The van der Waals surface area contributed by atoms with E-state index in [1.807, 2.05) is 0 Å². The van der Waals surface area contributed by atoms with Crippen LogP contribution < -0.4 is 5.73 Å². The number of methoxy groups -OCH3 is 1. The van der Waals surface area contributed by atoms with Gasteiger partial charge in [-0.05, 0) is 50.2 Å². The van der Waals surface area contributed by atoms with Crippen molar-refractivity contribution in [2.24, 2.45) is 11.7 Å². The molecule has 1 aromatic carbocycles. The average molecular weight is 300 g/mol. The lowest BCUT2D eigenvalue weighted by molar-refractivity contribution is -0.0660. The maximum atomic E-state index is 13.9. The molecule has 2 nitrogen and oxygen atoms in total. The van der Waals surface area contributed by atoms with Crippen molar-refractivity contribution < 1.29 is 9.13 Å². The van der Waals surface area contributed by atoms with Crippen molar-refractivity contribution in [3.63, 3.8) is 0 Å². The third kappa shape index (κ3) is 3.16. The Bertz CT molecular complexity index is 438. The highest BCUT2D eigenvalue weighted by Crippen LogP contribution is 2.37. The van der Waals surface area contributed by atoms with Gasteiger partial charge in [0.05, 0.1) is 5.60 Å². The van der Waals surface area contributed by atoms with Crippen molar-refractivity contribution in [3.8, 4) is 0 Å². The van der Waals surface area contributed by atoms with Crippen LogP contribution in [-0.2, 0) is 11.2 Å². The monoisotopic (exact) mass is 299 g/mol. The average Bonchev–Trinajstić information content (AvgIpc) is 2.44. The van der Waals surface area contributed by atoms with Gasteiger partial charge in [0, 0.05) is 23.7 Å². The second kappa shape index (κ2) is 6.42. The van der Waals surface area contributed by atoms with E-state index >= 15 is 0 Å². The first-order valence-corrected chi connectivity index (χ1v) is 7.60. The molecule has 1 unspecified atom stereocenters. The zero-order valence-electron chi connectivity index (χ0n) is 12.2. The molecular formula is C16H23ClFNO. The molecule has 112 valence electrons. The van der Waals surface area contributed by atoms with Crippen LogP contribution in [0.3, 0.4) is 0 Å². The van der Waals surface area contributed by atoms with E-state index in [-0.39, 0.29) is 17.5 Å². The van der Waals surface area contributed by atoms with E-state index in [9.17, 15) is 4.39 Å². The van der Waals surface area contributed by atoms with Gasteiger partial charge in [-0.1, -0.05) is 24.6 Å². The first-order chi connectivity index (χ1) is 9.48. The van der Waals surface area contributed by atoms with Crippen molar-refractivity contribution in [1.82, 2.24) is 0 Å². The van der Waals surface area contributed by atoms with Gasteiger partial charge in [-0.15, -0.1) is 0 Å². The van der Waals surface area contributed by atoms with Crippen LogP contribution in [0.5, 0.6) is 0 Å². The molecule has 0 bridgehead atoms. The van der Waals surface area contributed by atoms with E-state index in [1.54, 1.807) is 19.2 Å². The number of ether oxygens (including phenoxy) is 1. The number of benzene rings is 1. The zero-order valence-corrected chi connectivity index (χ0v) is 12.9. The first kappa shape index (κ1) is 15.7. The fourth-order valence-corrected chi connectivity index (χ4v) is 3.35. The predicted molar refractivity (Wildman–Crippen MR) is 80.5 cm³/mol. The van der Waals surface area contributed by atoms with Crippen LogP contribution >= 0.6 is 11.6 Å². The van der Waals surface area contributed by atoms with Gasteiger partial charge in [-0.3, -0.25) is 0 Å². The fraction of sp³-hybridized carbons (Fsp3) is 0.625. The van der Waals surface area contributed by atoms with Gasteiger partial charge < -0.3 is 10.5 Å². The second-order valence-corrected chi connectivity index (χ2v) is 6.37. The van der Waals surface area contributed by atoms with Crippen LogP contribution in [0.25, 0.3) is 0 Å². The number of hydrogen-bond donors (Lipinski definition) is 1. The maximum absolute atomic E-state index is 13.9. The molecule has 1 saturated carbocycles. The summed E-state index contributed by atoms with van der Waals surface area (Å²) in [6, 6.07) is 4.50. The van der Waals surface area contributed by atoms with Crippen LogP contribution in [0.2, 0.25) is 5.02 Å². The van der Waals surface area contributed by atoms with Crippen LogP contribution in [0.15, 0.2) is 18.2 Å². The van der Waals surface area contributed by atoms with Crippen LogP contribution in [0.4, 0.5) is 4.39 Å².